The van der Waals surface area contributed by atoms with Crippen LogP contribution >= 0.6 is 12.2 Å². The van der Waals surface area contributed by atoms with Crippen molar-refractivity contribution in [1.82, 2.24) is 14.9 Å². The first-order valence-electron chi connectivity index (χ1n) is 6.26. The number of piperidine rings is 1. The van der Waals surface area contributed by atoms with Crippen molar-refractivity contribution < 1.29 is 9.53 Å². The fourth-order valence-corrected chi connectivity index (χ4v) is 2.88. The van der Waals surface area contributed by atoms with E-state index in [9.17, 15) is 4.79 Å². The average molecular weight is 277 g/mol. The molecule has 0 saturated carbocycles. The van der Waals surface area contributed by atoms with Gasteiger partial charge in [0.2, 0.25) is 5.91 Å². The Morgan fingerprint density at radius 1 is 1.47 bits per heavy atom. The van der Waals surface area contributed by atoms with Gasteiger partial charge in [-0.3, -0.25) is 4.79 Å². The molecular formula is C13H15N3O2S. The van der Waals surface area contributed by atoms with Gasteiger partial charge in [0.1, 0.15) is 11.8 Å². The van der Waals surface area contributed by atoms with Crippen LogP contribution in [-0.4, -0.2) is 29.1 Å². The van der Waals surface area contributed by atoms with Gasteiger partial charge in [-0.05, 0) is 37.2 Å². The van der Waals surface area contributed by atoms with Crippen LogP contribution in [0.1, 0.15) is 18.9 Å². The minimum Gasteiger partial charge on any atom is -0.497 e. The van der Waals surface area contributed by atoms with Gasteiger partial charge in [-0.2, -0.15) is 0 Å². The molecule has 1 saturated heterocycles. The van der Waals surface area contributed by atoms with E-state index in [2.05, 4.69) is 10.3 Å². The molecule has 0 radical (unpaired) electrons. The van der Waals surface area contributed by atoms with Gasteiger partial charge in [0.15, 0.2) is 4.77 Å². The second-order valence-electron chi connectivity index (χ2n) is 4.63. The molecule has 3 rings (SSSR count). The third-order valence-corrected chi connectivity index (χ3v) is 3.79. The predicted molar refractivity (Wildman–Crippen MR) is 75.0 cm³/mol. The molecule has 1 aromatic carbocycles. The Morgan fingerprint density at radius 3 is 3.05 bits per heavy atom. The summed E-state index contributed by atoms with van der Waals surface area (Å²) in [6.45, 7) is 0.749. The van der Waals surface area contributed by atoms with Gasteiger partial charge >= 0.3 is 0 Å². The van der Waals surface area contributed by atoms with Crippen LogP contribution in [0.2, 0.25) is 0 Å². The van der Waals surface area contributed by atoms with Crippen LogP contribution in [-0.2, 0) is 4.79 Å². The van der Waals surface area contributed by atoms with Gasteiger partial charge in [-0.15, -0.1) is 0 Å². The molecule has 0 bridgehead atoms. The monoisotopic (exact) mass is 277 g/mol. The van der Waals surface area contributed by atoms with E-state index in [4.69, 9.17) is 17.0 Å². The van der Waals surface area contributed by atoms with E-state index < -0.39 is 0 Å². The highest BCUT2D eigenvalue weighted by atomic mass is 32.1. The summed E-state index contributed by atoms with van der Waals surface area (Å²) in [5, 5.41) is 2.89. The topological polar surface area (TPSA) is 59.0 Å². The lowest BCUT2D eigenvalue weighted by Crippen LogP contribution is -2.37. The quantitative estimate of drug-likeness (QED) is 0.827. The Kier molecular flexibility index (Phi) is 3.02. The van der Waals surface area contributed by atoms with Crippen LogP contribution in [0.5, 0.6) is 5.75 Å². The van der Waals surface area contributed by atoms with Crippen molar-refractivity contribution in [3.63, 3.8) is 0 Å². The van der Waals surface area contributed by atoms with Crippen molar-refractivity contribution >= 4 is 29.2 Å². The normalized spacial score (nSPS) is 19.4. The first kappa shape index (κ1) is 12.2. The fraction of sp³-hybridized carbons (Fsp3) is 0.385. The molecule has 0 spiro atoms. The predicted octanol–water partition coefficient (Wildman–Crippen LogP) is 2.16. The van der Waals surface area contributed by atoms with E-state index >= 15 is 0 Å². The number of H-pyrrole nitrogens is 1. The van der Waals surface area contributed by atoms with E-state index in [0.717, 1.165) is 36.2 Å². The third kappa shape index (κ3) is 2.02. The molecule has 1 fully saturated rings. The van der Waals surface area contributed by atoms with Gasteiger partial charge in [0.05, 0.1) is 18.1 Å². The molecule has 1 aromatic heterocycles. The van der Waals surface area contributed by atoms with Crippen LogP contribution < -0.4 is 10.1 Å². The molecule has 1 atom stereocenters. The molecule has 19 heavy (non-hydrogen) atoms. The summed E-state index contributed by atoms with van der Waals surface area (Å²) < 4.78 is 7.67. The van der Waals surface area contributed by atoms with E-state index in [1.165, 1.54) is 0 Å². The fourth-order valence-electron chi connectivity index (χ4n) is 2.55. The Balaban J connectivity index is 2.15. The maximum Gasteiger partial charge on any atom is 0.243 e. The number of nitrogens with one attached hydrogen (secondary N) is 2. The van der Waals surface area contributed by atoms with E-state index in [-0.39, 0.29) is 11.9 Å². The summed E-state index contributed by atoms with van der Waals surface area (Å²) in [6.07, 6.45) is 1.79. The van der Waals surface area contributed by atoms with Gasteiger partial charge in [0, 0.05) is 12.6 Å². The van der Waals surface area contributed by atoms with Crippen LogP contribution in [0.25, 0.3) is 11.0 Å². The molecule has 100 valence electrons. The lowest BCUT2D eigenvalue weighted by atomic mass is 10.1. The number of carbonyl (C=O) groups is 1. The maximum absolute atomic E-state index is 12.0. The van der Waals surface area contributed by atoms with Crippen molar-refractivity contribution in [1.29, 1.82) is 0 Å². The number of nitrogens with zero attached hydrogens (tertiary/aromatic N) is 1. The number of fused-ring (bicyclic) bond motifs is 1. The number of hydrogen-bond donors (Lipinski definition) is 2. The standard InChI is InChI=1S/C13H15N3O2S/c1-18-8-4-5-10-9(7-8)15-13(19)16(10)11-3-2-6-14-12(11)17/h4-5,7,11H,2-3,6H2,1H3,(H,14,17)(H,15,19). The second-order valence-corrected chi connectivity index (χ2v) is 5.02. The van der Waals surface area contributed by atoms with Crippen molar-refractivity contribution in [2.24, 2.45) is 0 Å². The SMILES string of the molecule is COc1ccc2c(c1)[nH]c(=S)n2C1CCCNC1=O. The summed E-state index contributed by atoms with van der Waals surface area (Å²) in [4.78, 5) is 15.1. The molecule has 6 heteroatoms. The second kappa shape index (κ2) is 4.70. The summed E-state index contributed by atoms with van der Waals surface area (Å²) in [5.41, 5.74) is 1.83. The zero-order valence-electron chi connectivity index (χ0n) is 10.6. The lowest BCUT2D eigenvalue weighted by Gasteiger charge is -2.23. The zero-order chi connectivity index (χ0) is 13.4. The molecular weight excluding hydrogens is 262 g/mol. The number of benzene rings is 1. The number of ether oxygens (including phenoxy) is 1. The molecule has 2 heterocycles. The lowest BCUT2D eigenvalue weighted by molar-refractivity contribution is -0.125. The van der Waals surface area contributed by atoms with Crippen molar-refractivity contribution in [2.75, 3.05) is 13.7 Å². The molecule has 2 N–H and O–H groups in total. The number of carbonyl (C=O) groups excluding carboxylic acids is 1. The third-order valence-electron chi connectivity index (χ3n) is 3.49. The molecule has 1 unspecified atom stereocenters. The minimum absolute atomic E-state index is 0.0408. The molecule has 0 aliphatic carbocycles. The molecule has 1 amide bonds. The summed E-state index contributed by atoms with van der Waals surface area (Å²) in [5.74, 6) is 0.808. The van der Waals surface area contributed by atoms with Gasteiger partial charge in [-0.1, -0.05) is 0 Å². The summed E-state index contributed by atoms with van der Waals surface area (Å²) in [7, 11) is 1.63. The van der Waals surface area contributed by atoms with Gasteiger partial charge in [-0.25, -0.2) is 0 Å². The molecule has 1 aliphatic rings. The highest BCUT2D eigenvalue weighted by Crippen LogP contribution is 2.26. The van der Waals surface area contributed by atoms with Crippen molar-refractivity contribution in [3.05, 3.63) is 23.0 Å². The van der Waals surface area contributed by atoms with Gasteiger partial charge in [0.25, 0.3) is 0 Å². The van der Waals surface area contributed by atoms with Gasteiger partial charge < -0.3 is 19.6 Å². The van der Waals surface area contributed by atoms with E-state index in [1.807, 2.05) is 22.8 Å². The number of amides is 1. The Bertz CT molecular complexity index is 689. The Morgan fingerprint density at radius 2 is 2.32 bits per heavy atom. The van der Waals surface area contributed by atoms with Crippen molar-refractivity contribution in [3.8, 4) is 5.75 Å². The number of methoxy groups -OCH3 is 1. The summed E-state index contributed by atoms with van der Waals surface area (Å²) >= 11 is 5.35. The van der Waals surface area contributed by atoms with Crippen LogP contribution in [0.3, 0.4) is 0 Å². The van der Waals surface area contributed by atoms with Crippen LogP contribution in [0, 0.1) is 4.77 Å². The highest BCUT2D eigenvalue weighted by molar-refractivity contribution is 7.71. The smallest absolute Gasteiger partial charge is 0.243 e. The summed E-state index contributed by atoms with van der Waals surface area (Å²) in [6, 6.07) is 5.48. The molecule has 2 aromatic rings. The molecule has 1 aliphatic heterocycles. The van der Waals surface area contributed by atoms with Crippen molar-refractivity contribution in [2.45, 2.75) is 18.9 Å². The maximum atomic E-state index is 12.0. The minimum atomic E-state index is -0.219. The average Bonchev–Trinajstić information content (AvgIpc) is 2.74. The first-order valence-corrected chi connectivity index (χ1v) is 6.67. The number of aromatic amines is 1. The Hall–Kier alpha value is -1.82. The molecule has 5 nitrogen and oxygen atoms in total. The highest BCUT2D eigenvalue weighted by Gasteiger charge is 2.25. The largest absolute Gasteiger partial charge is 0.497 e. The van der Waals surface area contributed by atoms with E-state index in [0.29, 0.717) is 4.77 Å². The zero-order valence-corrected chi connectivity index (χ0v) is 11.4. The number of aromatic nitrogens is 2. The van der Waals surface area contributed by atoms with Crippen LogP contribution in [0.15, 0.2) is 18.2 Å². The van der Waals surface area contributed by atoms with Crippen LogP contribution in [0.4, 0.5) is 0 Å². The number of imidazole rings is 1. The number of hydrogen-bond acceptors (Lipinski definition) is 3. The number of rotatable bonds is 2. The van der Waals surface area contributed by atoms with E-state index in [1.54, 1.807) is 7.11 Å². The Labute approximate surface area is 115 Å². The first-order chi connectivity index (χ1) is 9.20.